The molecule has 0 saturated carbocycles. The number of hydrogen-bond donors (Lipinski definition) is 2. The number of hydrogen-bond acceptors (Lipinski definition) is 6. The molecule has 1 amide bonds. The molecule has 2 rings (SSSR count). The highest BCUT2D eigenvalue weighted by Crippen LogP contribution is 2.27. The summed E-state index contributed by atoms with van der Waals surface area (Å²) in [6.07, 6.45) is -0.158. The number of rotatable bonds is 8. The van der Waals surface area contributed by atoms with Crippen molar-refractivity contribution in [1.82, 2.24) is 0 Å². The van der Waals surface area contributed by atoms with E-state index in [9.17, 15) is 19.7 Å². The Morgan fingerprint density at radius 3 is 2.45 bits per heavy atom. The van der Waals surface area contributed by atoms with Crippen LogP contribution in [0.5, 0.6) is 0 Å². The highest BCUT2D eigenvalue weighted by atomic mass is 16.6. The maximum absolute atomic E-state index is 12.5. The molecule has 0 aliphatic rings. The van der Waals surface area contributed by atoms with Crippen molar-refractivity contribution in [3.63, 3.8) is 0 Å². The summed E-state index contributed by atoms with van der Waals surface area (Å²) in [5, 5.41) is 16.6. The largest absolute Gasteiger partial charge is 0.449 e. The highest BCUT2D eigenvalue weighted by Gasteiger charge is 2.23. The van der Waals surface area contributed by atoms with Crippen LogP contribution in [0.15, 0.2) is 42.5 Å². The lowest BCUT2D eigenvalue weighted by Crippen LogP contribution is -2.30. The van der Waals surface area contributed by atoms with E-state index in [2.05, 4.69) is 24.5 Å². The zero-order valence-electron chi connectivity index (χ0n) is 16.9. The van der Waals surface area contributed by atoms with Gasteiger partial charge in [0.2, 0.25) is 0 Å². The number of anilines is 2. The molecule has 2 N–H and O–H groups in total. The summed E-state index contributed by atoms with van der Waals surface area (Å²) in [4.78, 5) is 35.4. The van der Waals surface area contributed by atoms with E-state index in [1.54, 1.807) is 13.1 Å². The summed E-state index contributed by atoms with van der Waals surface area (Å²) in [7, 11) is 1.55. The van der Waals surface area contributed by atoms with Crippen LogP contribution in [0.25, 0.3) is 0 Å². The first-order chi connectivity index (χ1) is 13.8. The van der Waals surface area contributed by atoms with Crippen LogP contribution in [0.2, 0.25) is 0 Å². The predicted molar refractivity (Wildman–Crippen MR) is 111 cm³/mol. The third-order valence-corrected chi connectivity index (χ3v) is 4.71. The molecule has 0 aliphatic heterocycles. The molecule has 154 valence electrons. The molecule has 0 saturated heterocycles. The Bertz CT molecular complexity index is 913. The molecule has 0 unspecified atom stereocenters. The van der Waals surface area contributed by atoms with Crippen molar-refractivity contribution in [2.45, 2.75) is 39.2 Å². The van der Waals surface area contributed by atoms with E-state index in [1.165, 1.54) is 19.1 Å². The van der Waals surface area contributed by atoms with Gasteiger partial charge in [-0.1, -0.05) is 32.0 Å². The van der Waals surface area contributed by atoms with Crippen molar-refractivity contribution in [1.29, 1.82) is 0 Å². The van der Waals surface area contributed by atoms with E-state index in [-0.39, 0.29) is 22.9 Å². The van der Waals surface area contributed by atoms with Crippen molar-refractivity contribution < 1.29 is 19.2 Å². The summed E-state index contributed by atoms with van der Waals surface area (Å²) >= 11 is 0. The molecule has 0 aliphatic carbocycles. The van der Waals surface area contributed by atoms with Crippen molar-refractivity contribution in [2.24, 2.45) is 0 Å². The topological polar surface area (TPSA) is 111 Å². The average molecular weight is 399 g/mol. The first-order valence-electron chi connectivity index (χ1n) is 9.35. The lowest BCUT2D eigenvalue weighted by atomic mass is 9.97. The van der Waals surface area contributed by atoms with Gasteiger partial charge >= 0.3 is 5.97 Å². The van der Waals surface area contributed by atoms with Gasteiger partial charge in [0, 0.05) is 18.8 Å². The van der Waals surface area contributed by atoms with Gasteiger partial charge in [-0.2, -0.15) is 0 Å². The quantitative estimate of drug-likeness (QED) is 0.388. The van der Waals surface area contributed by atoms with Gasteiger partial charge in [-0.3, -0.25) is 14.9 Å². The maximum atomic E-state index is 12.5. The van der Waals surface area contributed by atoms with E-state index in [0.29, 0.717) is 5.69 Å². The van der Waals surface area contributed by atoms with Crippen LogP contribution in [-0.4, -0.2) is 30.0 Å². The first-order valence-corrected chi connectivity index (χ1v) is 9.35. The minimum atomic E-state index is -1.07. The number of carbonyl (C=O) groups is 2. The molecule has 0 aromatic heterocycles. The number of carbonyl (C=O) groups excluding carboxylic acids is 2. The van der Waals surface area contributed by atoms with Crippen LogP contribution in [-0.2, 0) is 9.53 Å². The predicted octanol–water partition coefficient (Wildman–Crippen LogP) is 4.33. The molecule has 8 nitrogen and oxygen atoms in total. The van der Waals surface area contributed by atoms with E-state index in [1.807, 2.05) is 18.2 Å². The Kier molecular flexibility index (Phi) is 7.30. The SMILES string of the molecule is CC[C@@H](C)c1ccccc1NC(=O)[C@H](C)OC(=O)c1ccc(NC)c([N+](=O)[O-])c1. The van der Waals surface area contributed by atoms with Crippen molar-refractivity contribution in [3.05, 3.63) is 63.7 Å². The summed E-state index contributed by atoms with van der Waals surface area (Å²) < 4.78 is 5.21. The molecule has 0 bridgehead atoms. The summed E-state index contributed by atoms with van der Waals surface area (Å²) in [5.74, 6) is -1.03. The molecule has 8 heteroatoms. The van der Waals surface area contributed by atoms with Gasteiger partial charge in [-0.05, 0) is 43.0 Å². The number of ether oxygens (including phenoxy) is 1. The number of nitrogens with zero attached hydrogens (tertiary/aromatic N) is 1. The smallest absolute Gasteiger partial charge is 0.339 e. The third-order valence-electron chi connectivity index (χ3n) is 4.71. The minimum absolute atomic E-state index is 0.00430. The number of esters is 1. The van der Waals surface area contributed by atoms with Gasteiger partial charge < -0.3 is 15.4 Å². The molecular weight excluding hydrogens is 374 g/mol. The van der Waals surface area contributed by atoms with Crippen molar-refractivity contribution >= 4 is 28.9 Å². The number of benzene rings is 2. The fourth-order valence-electron chi connectivity index (χ4n) is 2.80. The minimum Gasteiger partial charge on any atom is -0.449 e. The Morgan fingerprint density at radius 1 is 1.14 bits per heavy atom. The van der Waals surface area contributed by atoms with Gasteiger partial charge in [0.1, 0.15) is 5.69 Å². The number of nitrogens with one attached hydrogen (secondary N) is 2. The molecule has 0 spiro atoms. The number of amides is 1. The molecule has 0 fully saturated rings. The van der Waals surface area contributed by atoms with Crippen LogP contribution in [0.1, 0.15) is 49.0 Å². The first kappa shape index (κ1) is 21.9. The Balaban J connectivity index is 2.11. The number of nitro groups is 1. The average Bonchev–Trinajstić information content (AvgIpc) is 2.72. The summed E-state index contributed by atoms with van der Waals surface area (Å²) in [6, 6.07) is 11.4. The van der Waals surface area contributed by atoms with Crippen LogP contribution >= 0.6 is 0 Å². The summed E-state index contributed by atoms with van der Waals surface area (Å²) in [6.45, 7) is 5.58. The van der Waals surface area contributed by atoms with Gasteiger partial charge in [0.25, 0.3) is 11.6 Å². The van der Waals surface area contributed by atoms with Crippen molar-refractivity contribution in [2.75, 3.05) is 17.7 Å². The van der Waals surface area contributed by atoms with Gasteiger partial charge in [-0.25, -0.2) is 4.79 Å². The lowest BCUT2D eigenvalue weighted by molar-refractivity contribution is -0.384. The third kappa shape index (κ3) is 5.31. The second kappa shape index (κ2) is 9.68. The molecule has 2 atom stereocenters. The highest BCUT2D eigenvalue weighted by molar-refractivity contribution is 5.98. The summed E-state index contributed by atoms with van der Waals surface area (Å²) in [5.41, 5.74) is 1.69. The zero-order valence-corrected chi connectivity index (χ0v) is 16.9. The van der Waals surface area contributed by atoms with Crippen LogP contribution in [0, 0.1) is 10.1 Å². The Labute approximate surface area is 169 Å². The van der Waals surface area contributed by atoms with Gasteiger partial charge in [-0.15, -0.1) is 0 Å². The monoisotopic (exact) mass is 399 g/mol. The van der Waals surface area contributed by atoms with Crippen molar-refractivity contribution in [3.8, 4) is 0 Å². The standard InChI is InChI=1S/C21H25N3O5/c1-5-13(2)16-8-6-7-9-17(16)23-20(25)14(3)29-21(26)15-10-11-18(22-4)19(12-15)24(27)28/h6-14,22H,5H2,1-4H3,(H,23,25)/t13-,14+/m1/s1. The second-order valence-corrected chi connectivity index (χ2v) is 6.67. The van der Waals surface area contributed by atoms with E-state index in [4.69, 9.17) is 4.74 Å². The van der Waals surface area contributed by atoms with Crippen LogP contribution in [0.3, 0.4) is 0 Å². The number of para-hydroxylation sites is 1. The normalized spacial score (nSPS) is 12.6. The Hall–Kier alpha value is -3.42. The fraction of sp³-hybridized carbons (Fsp3) is 0.333. The molecule has 0 heterocycles. The molecule has 29 heavy (non-hydrogen) atoms. The molecule has 0 radical (unpaired) electrons. The fourth-order valence-corrected chi connectivity index (χ4v) is 2.80. The van der Waals surface area contributed by atoms with Crippen LogP contribution < -0.4 is 10.6 Å². The van der Waals surface area contributed by atoms with Gasteiger partial charge in [0.15, 0.2) is 6.10 Å². The van der Waals surface area contributed by atoms with Crippen LogP contribution in [0.4, 0.5) is 17.1 Å². The molecule has 2 aromatic rings. The Morgan fingerprint density at radius 2 is 1.83 bits per heavy atom. The van der Waals surface area contributed by atoms with E-state index < -0.39 is 22.9 Å². The zero-order chi connectivity index (χ0) is 21.6. The maximum Gasteiger partial charge on any atom is 0.339 e. The molecular formula is C21H25N3O5. The lowest BCUT2D eigenvalue weighted by Gasteiger charge is -2.18. The van der Waals surface area contributed by atoms with Gasteiger partial charge in [0.05, 0.1) is 10.5 Å². The van der Waals surface area contributed by atoms with E-state index in [0.717, 1.165) is 18.1 Å². The number of nitro benzene ring substituents is 1. The second-order valence-electron chi connectivity index (χ2n) is 6.67. The van der Waals surface area contributed by atoms with E-state index >= 15 is 0 Å². The molecule has 2 aromatic carbocycles.